The molecule has 0 aromatic heterocycles. The minimum atomic E-state index is -0.824. The molecule has 0 unspecified atom stereocenters. The number of hydrogen-bond acceptors (Lipinski definition) is 4. The molecule has 126 valence electrons. The zero-order chi connectivity index (χ0) is 17.1. The maximum atomic E-state index is 11.0. The van der Waals surface area contributed by atoms with Crippen molar-refractivity contribution < 1.29 is 14.6 Å². The first-order chi connectivity index (χ1) is 11.5. The van der Waals surface area contributed by atoms with Crippen LogP contribution in [0.25, 0.3) is 0 Å². The molecule has 24 heavy (non-hydrogen) atoms. The third kappa shape index (κ3) is 4.16. The molecular weight excluding hydrogens is 369 g/mol. The van der Waals surface area contributed by atoms with Gasteiger partial charge in [-0.2, -0.15) is 0 Å². The quantitative estimate of drug-likeness (QED) is 0.802. The molecule has 0 saturated carbocycles. The Hall–Kier alpha value is -1.40. The summed E-state index contributed by atoms with van der Waals surface area (Å²) in [7, 11) is 0. The van der Waals surface area contributed by atoms with Gasteiger partial charge in [0.1, 0.15) is 18.4 Å². The summed E-state index contributed by atoms with van der Waals surface area (Å²) in [5, 5.41) is 13.3. The van der Waals surface area contributed by atoms with E-state index in [0.717, 1.165) is 11.1 Å². The molecule has 0 bridgehead atoms. The number of thioether (sulfide) groups is 1. The van der Waals surface area contributed by atoms with Gasteiger partial charge < -0.3 is 9.84 Å². The third-order valence-corrected chi connectivity index (χ3v) is 5.50. The van der Waals surface area contributed by atoms with E-state index in [1.54, 1.807) is 23.9 Å². The fourth-order valence-corrected chi connectivity index (χ4v) is 4.06. The summed E-state index contributed by atoms with van der Waals surface area (Å²) in [6, 6.07) is 12.4. The number of hydrogen-bond donors (Lipinski definition) is 2. The molecule has 3 rings (SSSR count). The molecule has 1 saturated heterocycles. The number of nitrogens with one attached hydrogen (secondary N) is 1. The number of rotatable bonds is 5. The largest absolute Gasteiger partial charge is 0.489 e. The Morgan fingerprint density at radius 2 is 2.12 bits per heavy atom. The van der Waals surface area contributed by atoms with E-state index < -0.39 is 12.0 Å². The third-order valence-electron chi connectivity index (χ3n) is 3.65. The molecular formula is C17H15Cl2NO3S. The van der Waals surface area contributed by atoms with Crippen molar-refractivity contribution >= 4 is 40.9 Å². The molecule has 4 nitrogen and oxygen atoms in total. The minimum Gasteiger partial charge on any atom is -0.489 e. The monoisotopic (exact) mass is 383 g/mol. The van der Waals surface area contributed by atoms with Gasteiger partial charge in [-0.05, 0) is 29.8 Å². The number of halogens is 2. The van der Waals surface area contributed by atoms with Crippen LogP contribution in [0.15, 0.2) is 42.5 Å². The Morgan fingerprint density at radius 3 is 2.83 bits per heavy atom. The smallest absolute Gasteiger partial charge is 0.321 e. The lowest BCUT2D eigenvalue weighted by Gasteiger charge is -2.13. The van der Waals surface area contributed by atoms with Crippen LogP contribution in [-0.4, -0.2) is 22.9 Å². The van der Waals surface area contributed by atoms with Crippen molar-refractivity contribution in [3.63, 3.8) is 0 Å². The van der Waals surface area contributed by atoms with Gasteiger partial charge in [-0.3, -0.25) is 10.1 Å². The Bertz CT molecular complexity index is 756. The van der Waals surface area contributed by atoms with Crippen LogP contribution in [0, 0.1) is 0 Å². The summed E-state index contributed by atoms with van der Waals surface area (Å²) in [5.74, 6) is 0.431. The second kappa shape index (κ2) is 7.66. The van der Waals surface area contributed by atoms with E-state index in [-0.39, 0.29) is 5.37 Å². The van der Waals surface area contributed by atoms with E-state index in [4.69, 9.17) is 33.0 Å². The van der Waals surface area contributed by atoms with Crippen LogP contribution in [0.5, 0.6) is 5.75 Å². The maximum absolute atomic E-state index is 11.0. The highest BCUT2D eigenvalue weighted by atomic mass is 35.5. The summed E-state index contributed by atoms with van der Waals surface area (Å²) in [6.45, 7) is 0.336. The van der Waals surface area contributed by atoms with Crippen molar-refractivity contribution in [2.45, 2.75) is 18.0 Å². The molecule has 0 amide bonds. The Balaban J connectivity index is 1.66. The maximum Gasteiger partial charge on any atom is 0.321 e. The Labute approximate surface area is 154 Å². The normalized spacial score (nSPS) is 20.1. The Kier molecular flexibility index (Phi) is 5.56. The summed E-state index contributed by atoms with van der Waals surface area (Å²) in [4.78, 5) is 11.0. The van der Waals surface area contributed by atoms with Gasteiger partial charge >= 0.3 is 5.97 Å². The van der Waals surface area contributed by atoms with Crippen molar-refractivity contribution in [2.24, 2.45) is 0 Å². The zero-order valence-corrected chi connectivity index (χ0v) is 14.9. The van der Waals surface area contributed by atoms with Crippen LogP contribution in [0.3, 0.4) is 0 Å². The van der Waals surface area contributed by atoms with Gasteiger partial charge in [0.15, 0.2) is 0 Å². The Morgan fingerprint density at radius 1 is 1.29 bits per heavy atom. The first-order valence-corrected chi connectivity index (χ1v) is 9.10. The van der Waals surface area contributed by atoms with Crippen LogP contribution in [-0.2, 0) is 11.4 Å². The SMILES string of the molecule is O=C(O)[C@@H]1CS[C@@H](c2cccc(OCc3ccc(Cl)cc3Cl)c2)N1. The van der Waals surface area contributed by atoms with Gasteiger partial charge in [0.25, 0.3) is 0 Å². The molecule has 7 heteroatoms. The molecule has 0 spiro atoms. The predicted molar refractivity (Wildman–Crippen MR) is 97.0 cm³/mol. The predicted octanol–water partition coefficient (Wildman–Crippen LogP) is 4.36. The number of ether oxygens (including phenoxy) is 1. The van der Waals surface area contributed by atoms with Gasteiger partial charge in [0, 0.05) is 21.4 Å². The van der Waals surface area contributed by atoms with E-state index in [0.29, 0.717) is 28.2 Å². The van der Waals surface area contributed by atoms with E-state index in [2.05, 4.69) is 5.32 Å². The average Bonchev–Trinajstić information content (AvgIpc) is 3.05. The number of carboxylic acid groups (broad SMARTS) is 1. The van der Waals surface area contributed by atoms with Crippen molar-refractivity contribution in [1.29, 1.82) is 0 Å². The lowest BCUT2D eigenvalue weighted by Crippen LogP contribution is -2.33. The van der Waals surface area contributed by atoms with Gasteiger partial charge in [0.2, 0.25) is 0 Å². The second-order valence-electron chi connectivity index (χ2n) is 5.37. The average molecular weight is 384 g/mol. The highest BCUT2D eigenvalue weighted by Crippen LogP contribution is 2.34. The lowest BCUT2D eigenvalue weighted by atomic mass is 10.2. The van der Waals surface area contributed by atoms with Gasteiger partial charge in [-0.15, -0.1) is 11.8 Å². The molecule has 1 fully saturated rings. The first-order valence-electron chi connectivity index (χ1n) is 7.30. The van der Waals surface area contributed by atoms with Crippen molar-refractivity contribution in [3.8, 4) is 5.75 Å². The minimum absolute atomic E-state index is 0.0474. The van der Waals surface area contributed by atoms with Crippen molar-refractivity contribution in [3.05, 3.63) is 63.6 Å². The molecule has 2 aromatic carbocycles. The van der Waals surface area contributed by atoms with Crippen LogP contribution < -0.4 is 10.1 Å². The first kappa shape index (κ1) is 17.4. The molecule has 0 radical (unpaired) electrons. The number of carboxylic acids is 1. The molecule has 2 N–H and O–H groups in total. The van der Waals surface area contributed by atoms with Crippen molar-refractivity contribution in [2.75, 3.05) is 5.75 Å². The standard InChI is InChI=1S/C17H15Cl2NO3S/c18-12-5-4-11(14(19)7-12)8-23-13-3-1-2-10(6-13)16-20-15(9-24-16)17(21)22/h1-7,15-16,20H,8-9H2,(H,21,22)/t15-,16-/m0/s1. The van der Waals surface area contributed by atoms with Gasteiger partial charge in [-0.1, -0.05) is 41.4 Å². The molecule has 2 aromatic rings. The lowest BCUT2D eigenvalue weighted by molar-refractivity contribution is -0.138. The number of carbonyl (C=O) groups is 1. The fourth-order valence-electron chi connectivity index (χ4n) is 2.37. The van der Waals surface area contributed by atoms with E-state index in [9.17, 15) is 4.79 Å². The highest BCUT2D eigenvalue weighted by Gasteiger charge is 2.30. The van der Waals surface area contributed by atoms with Crippen molar-refractivity contribution in [1.82, 2.24) is 5.32 Å². The van der Waals surface area contributed by atoms with Gasteiger partial charge in [0.05, 0.1) is 5.37 Å². The fraction of sp³-hybridized carbons (Fsp3) is 0.235. The molecule has 1 aliphatic heterocycles. The van der Waals surface area contributed by atoms with E-state index in [1.807, 2.05) is 30.3 Å². The zero-order valence-electron chi connectivity index (χ0n) is 12.5. The summed E-state index contributed by atoms with van der Waals surface area (Å²) in [6.07, 6.45) is 0. The van der Waals surface area contributed by atoms with E-state index >= 15 is 0 Å². The van der Waals surface area contributed by atoms with Crippen LogP contribution in [0.1, 0.15) is 16.5 Å². The highest BCUT2D eigenvalue weighted by molar-refractivity contribution is 7.99. The number of benzene rings is 2. The second-order valence-corrected chi connectivity index (χ2v) is 7.35. The van der Waals surface area contributed by atoms with Crippen LogP contribution in [0.2, 0.25) is 10.0 Å². The topological polar surface area (TPSA) is 58.6 Å². The summed E-state index contributed by atoms with van der Waals surface area (Å²) < 4.78 is 5.81. The van der Waals surface area contributed by atoms with E-state index in [1.165, 1.54) is 0 Å². The van der Waals surface area contributed by atoms with Crippen LogP contribution >= 0.6 is 35.0 Å². The number of aliphatic carboxylic acids is 1. The molecule has 1 heterocycles. The summed E-state index contributed by atoms with van der Waals surface area (Å²) in [5.41, 5.74) is 1.84. The molecule has 0 aliphatic carbocycles. The summed E-state index contributed by atoms with van der Waals surface area (Å²) >= 11 is 13.6. The molecule has 2 atom stereocenters. The van der Waals surface area contributed by atoms with Gasteiger partial charge in [-0.25, -0.2) is 0 Å². The molecule has 1 aliphatic rings. The van der Waals surface area contributed by atoms with Crippen LogP contribution in [0.4, 0.5) is 0 Å².